The van der Waals surface area contributed by atoms with Crippen molar-refractivity contribution in [3.05, 3.63) is 36.7 Å². The van der Waals surface area contributed by atoms with Crippen molar-refractivity contribution in [3.63, 3.8) is 0 Å². The fourth-order valence-corrected chi connectivity index (χ4v) is 2.82. The minimum absolute atomic E-state index is 0.824. The highest BCUT2D eigenvalue weighted by atomic mass is 15.4. The molecule has 1 aromatic carbocycles. The van der Waals surface area contributed by atoms with Crippen LogP contribution in [0.25, 0.3) is 0 Å². The molecule has 1 aromatic heterocycles. The number of quaternary nitrogens is 1. The number of hydrogen-bond donors (Lipinski definition) is 0. The summed E-state index contributed by atoms with van der Waals surface area (Å²) in [5, 5.41) is 8.67. The highest BCUT2D eigenvalue weighted by Crippen LogP contribution is 2.23. The molecule has 1 fully saturated rings. The molecule has 2 heterocycles. The number of nitrogens with zero attached hydrogens (tertiary/aromatic N) is 6. The smallest absolute Gasteiger partial charge is 0.360 e. The minimum Gasteiger partial charge on any atom is -0.360 e. The Hall–Kier alpha value is -2.21. The molecular formula is C17H26N6+2. The number of piperazine rings is 1. The Balaban J connectivity index is 1.68. The van der Waals surface area contributed by atoms with E-state index in [4.69, 9.17) is 0 Å². The first-order valence-corrected chi connectivity index (χ1v) is 8.04. The Bertz CT molecular complexity index is 669. The predicted octanol–water partition coefficient (Wildman–Crippen LogP) is 2.16. The fourth-order valence-electron chi connectivity index (χ4n) is 2.82. The van der Waals surface area contributed by atoms with Crippen molar-refractivity contribution in [2.24, 2.45) is 24.3 Å². The number of azo groups is 1. The molecular weight excluding hydrogens is 288 g/mol. The van der Waals surface area contributed by atoms with Gasteiger partial charge in [0.15, 0.2) is 0 Å². The predicted molar refractivity (Wildman–Crippen MR) is 91.3 cm³/mol. The number of aromatic nitrogens is 2. The topological polar surface area (TPSA) is 36.8 Å². The molecule has 1 aliphatic heterocycles. The summed E-state index contributed by atoms with van der Waals surface area (Å²) >= 11 is 0. The molecule has 0 radical (unpaired) electrons. The van der Waals surface area contributed by atoms with E-state index in [1.54, 1.807) is 0 Å². The first kappa shape index (κ1) is 15.7. The van der Waals surface area contributed by atoms with Crippen molar-refractivity contribution in [3.8, 4) is 0 Å². The van der Waals surface area contributed by atoms with Gasteiger partial charge in [-0.1, -0.05) is 5.11 Å². The van der Waals surface area contributed by atoms with Crippen molar-refractivity contribution in [1.82, 2.24) is 4.57 Å². The molecule has 0 spiro atoms. The lowest BCUT2D eigenvalue weighted by Crippen LogP contribution is -2.54. The van der Waals surface area contributed by atoms with E-state index in [1.807, 2.05) is 47.8 Å². The van der Waals surface area contributed by atoms with Gasteiger partial charge in [-0.2, -0.15) is 0 Å². The zero-order valence-electron chi connectivity index (χ0n) is 14.5. The van der Waals surface area contributed by atoms with Gasteiger partial charge in [0.25, 0.3) is 0 Å². The molecule has 1 saturated heterocycles. The lowest BCUT2D eigenvalue weighted by Gasteiger charge is -2.40. The number of benzene rings is 1. The Kier molecular flexibility index (Phi) is 4.17. The fraction of sp³-hybridized carbons (Fsp3) is 0.471. The molecule has 2 aromatic rings. The summed E-state index contributed by atoms with van der Waals surface area (Å²) in [5.74, 6) is 0.824. The second-order valence-electron chi connectivity index (χ2n) is 6.91. The highest BCUT2D eigenvalue weighted by molar-refractivity contribution is 5.52. The van der Waals surface area contributed by atoms with Crippen LogP contribution in [0.1, 0.15) is 0 Å². The maximum atomic E-state index is 4.34. The van der Waals surface area contributed by atoms with Gasteiger partial charge in [-0.15, -0.1) is 0 Å². The number of likely N-dealkylation sites (N-methyl/N-ethyl adjacent to an activating group) is 1. The van der Waals surface area contributed by atoms with E-state index in [1.165, 1.54) is 18.8 Å². The van der Waals surface area contributed by atoms with Gasteiger partial charge in [0.2, 0.25) is 0 Å². The standard InChI is InChI=1S/C17H26N6/c1-20-9-10-21(2)17(20)19-18-15-5-7-16(8-6-15)22-11-13-23(3,4)14-12-22/h5-10H,11-14H2,1-4H3/q+2. The summed E-state index contributed by atoms with van der Waals surface area (Å²) in [6.45, 7) is 4.58. The van der Waals surface area contributed by atoms with Crippen LogP contribution in [0.5, 0.6) is 0 Å². The van der Waals surface area contributed by atoms with E-state index in [9.17, 15) is 0 Å². The van der Waals surface area contributed by atoms with Crippen LogP contribution >= 0.6 is 0 Å². The van der Waals surface area contributed by atoms with Crippen LogP contribution in [-0.4, -0.2) is 49.3 Å². The third-order valence-electron chi connectivity index (χ3n) is 4.57. The van der Waals surface area contributed by atoms with Gasteiger partial charge in [0, 0.05) is 10.8 Å². The maximum absolute atomic E-state index is 4.34. The maximum Gasteiger partial charge on any atom is 0.421 e. The van der Waals surface area contributed by atoms with Crippen molar-refractivity contribution in [2.45, 2.75) is 0 Å². The third kappa shape index (κ3) is 3.59. The molecule has 0 atom stereocenters. The molecule has 0 saturated carbocycles. The summed E-state index contributed by atoms with van der Waals surface area (Å²) < 4.78 is 5.01. The van der Waals surface area contributed by atoms with E-state index >= 15 is 0 Å². The first-order valence-electron chi connectivity index (χ1n) is 8.04. The van der Waals surface area contributed by atoms with Crippen molar-refractivity contribution < 1.29 is 9.05 Å². The monoisotopic (exact) mass is 314 g/mol. The number of aryl methyl sites for hydroxylation is 2. The molecule has 23 heavy (non-hydrogen) atoms. The van der Waals surface area contributed by atoms with Crippen LogP contribution in [-0.2, 0) is 14.1 Å². The summed E-state index contributed by atoms with van der Waals surface area (Å²) in [6.07, 6.45) is 3.93. The van der Waals surface area contributed by atoms with E-state index in [2.05, 4.69) is 41.4 Å². The van der Waals surface area contributed by atoms with Crippen LogP contribution in [0, 0.1) is 0 Å². The van der Waals surface area contributed by atoms with Crippen LogP contribution in [0.2, 0.25) is 0 Å². The van der Waals surface area contributed by atoms with E-state index in [0.29, 0.717) is 0 Å². The quantitative estimate of drug-likeness (QED) is 0.486. The Labute approximate surface area is 137 Å². The molecule has 122 valence electrons. The van der Waals surface area contributed by atoms with Crippen LogP contribution in [0.4, 0.5) is 17.3 Å². The average molecular weight is 314 g/mol. The number of anilines is 1. The van der Waals surface area contributed by atoms with Crippen LogP contribution in [0.15, 0.2) is 46.9 Å². The molecule has 3 rings (SSSR count). The van der Waals surface area contributed by atoms with Crippen molar-refractivity contribution >= 4 is 17.3 Å². The average Bonchev–Trinajstić information content (AvgIpc) is 2.85. The molecule has 0 amide bonds. The zero-order chi connectivity index (χ0) is 16.4. The van der Waals surface area contributed by atoms with Gasteiger partial charge in [0.05, 0.1) is 66.8 Å². The van der Waals surface area contributed by atoms with Crippen LogP contribution < -0.4 is 9.47 Å². The third-order valence-corrected chi connectivity index (χ3v) is 4.57. The van der Waals surface area contributed by atoms with E-state index in [-0.39, 0.29) is 0 Å². The van der Waals surface area contributed by atoms with E-state index < -0.39 is 0 Å². The lowest BCUT2D eigenvalue weighted by molar-refractivity contribution is -0.890. The molecule has 0 aliphatic carbocycles. The lowest BCUT2D eigenvalue weighted by atomic mass is 10.2. The molecule has 6 heteroatoms. The van der Waals surface area contributed by atoms with Gasteiger partial charge < -0.3 is 9.38 Å². The van der Waals surface area contributed by atoms with Gasteiger partial charge >= 0.3 is 5.95 Å². The number of imidazole rings is 1. The SMILES string of the molecule is Cn1cc[n+](C)c1N=Nc1ccc(N2CC[N+](C)(C)CC2)cc1. The summed E-state index contributed by atoms with van der Waals surface area (Å²) in [4.78, 5) is 2.45. The number of hydrogen-bond acceptors (Lipinski definition) is 3. The Morgan fingerprint density at radius 2 is 1.70 bits per heavy atom. The molecule has 6 nitrogen and oxygen atoms in total. The van der Waals surface area contributed by atoms with Gasteiger partial charge in [-0.3, -0.25) is 0 Å². The molecule has 1 aliphatic rings. The van der Waals surface area contributed by atoms with Gasteiger partial charge in [-0.25, -0.2) is 9.13 Å². The molecule has 0 bridgehead atoms. The largest absolute Gasteiger partial charge is 0.421 e. The Morgan fingerprint density at radius 3 is 2.26 bits per heavy atom. The normalized spacial score (nSPS) is 17.8. The van der Waals surface area contributed by atoms with Gasteiger partial charge in [0.1, 0.15) is 5.69 Å². The van der Waals surface area contributed by atoms with E-state index in [0.717, 1.165) is 29.2 Å². The van der Waals surface area contributed by atoms with Crippen LogP contribution in [0.3, 0.4) is 0 Å². The summed E-state index contributed by atoms with van der Waals surface area (Å²) in [6, 6.07) is 8.36. The van der Waals surface area contributed by atoms with Gasteiger partial charge in [-0.05, 0) is 24.3 Å². The number of rotatable bonds is 3. The zero-order valence-corrected chi connectivity index (χ0v) is 14.5. The second kappa shape index (κ2) is 6.12. The van der Waals surface area contributed by atoms with Crippen molar-refractivity contribution in [2.75, 3.05) is 45.2 Å². The second-order valence-corrected chi connectivity index (χ2v) is 6.91. The minimum atomic E-state index is 0.824. The summed E-state index contributed by atoms with van der Waals surface area (Å²) in [7, 11) is 8.52. The Morgan fingerprint density at radius 1 is 1.04 bits per heavy atom. The first-order chi connectivity index (χ1) is 10.9. The molecule has 0 N–H and O–H groups in total. The van der Waals surface area contributed by atoms with Crippen molar-refractivity contribution in [1.29, 1.82) is 0 Å². The molecule has 0 unspecified atom stereocenters. The highest BCUT2D eigenvalue weighted by Gasteiger charge is 2.24. The summed E-state index contributed by atoms with van der Waals surface area (Å²) in [5.41, 5.74) is 2.15.